The van der Waals surface area contributed by atoms with Crippen molar-refractivity contribution in [3.63, 3.8) is 0 Å². The normalized spacial score (nSPS) is 12.1. The second kappa shape index (κ2) is 4.07. The van der Waals surface area contributed by atoms with Crippen LogP contribution < -0.4 is 5.73 Å². The van der Waals surface area contributed by atoms with Crippen LogP contribution >= 0.6 is 0 Å². The molecule has 3 nitrogen and oxygen atoms in total. The highest BCUT2D eigenvalue weighted by atomic mass is 15.3. The fourth-order valence-electron chi connectivity index (χ4n) is 1.17. The number of nitrogens with zero attached hydrogens (tertiary/aromatic N) is 2. The molecule has 0 radical (unpaired) electrons. The van der Waals surface area contributed by atoms with Crippen molar-refractivity contribution in [2.75, 3.05) is 6.54 Å². The third-order valence-corrected chi connectivity index (χ3v) is 1.84. The molecule has 12 heavy (non-hydrogen) atoms. The number of nitrogens with two attached hydrogens (primary N) is 1. The molecule has 1 aromatic heterocycles. The van der Waals surface area contributed by atoms with Gasteiger partial charge in [0.1, 0.15) is 0 Å². The lowest BCUT2D eigenvalue weighted by atomic mass is 10.2. The van der Waals surface area contributed by atoms with Gasteiger partial charge >= 0.3 is 0 Å². The van der Waals surface area contributed by atoms with E-state index in [-0.39, 0.29) is 0 Å². The molecule has 1 heterocycles. The number of hydrogen-bond acceptors (Lipinski definition) is 2. The molecule has 0 spiro atoms. The number of rotatable bonds is 3. The second-order valence-corrected chi connectivity index (χ2v) is 2.80. The molecule has 0 atom stereocenters. The summed E-state index contributed by atoms with van der Waals surface area (Å²) >= 11 is 0. The fraction of sp³-hybridized carbons (Fsp3) is 0.444. The van der Waals surface area contributed by atoms with Crippen molar-refractivity contribution < 1.29 is 0 Å². The number of hydrogen-bond donors (Lipinski definition) is 1. The highest BCUT2D eigenvalue weighted by Gasteiger charge is 1.98. The van der Waals surface area contributed by atoms with E-state index in [0.29, 0.717) is 6.54 Å². The third kappa shape index (κ3) is 1.95. The Morgan fingerprint density at radius 3 is 3.00 bits per heavy atom. The molecule has 0 bridgehead atoms. The average Bonchev–Trinajstić information content (AvgIpc) is 2.47. The lowest BCUT2D eigenvalue weighted by molar-refractivity contribution is 0.755. The molecule has 0 saturated heterocycles. The summed E-state index contributed by atoms with van der Waals surface area (Å²) in [6.45, 7) is 2.78. The van der Waals surface area contributed by atoms with Gasteiger partial charge in [-0.05, 0) is 31.5 Å². The molecule has 0 amide bonds. The first-order valence-corrected chi connectivity index (χ1v) is 4.11. The van der Waals surface area contributed by atoms with Crippen LogP contribution in [-0.2, 0) is 7.05 Å². The van der Waals surface area contributed by atoms with Gasteiger partial charge in [-0.3, -0.25) is 4.68 Å². The van der Waals surface area contributed by atoms with E-state index in [4.69, 9.17) is 5.73 Å². The van der Waals surface area contributed by atoms with Crippen molar-refractivity contribution in [3.8, 4) is 0 Å². The maximum absolute atomic E-state index is 5.40. The zero-order chi connectivity index (χ0) is 8.97. The molecule has 0 fully saturated rings. The smallest absolute Gasteiger partial charge is 0.0632 e. The molecule has 1 aromatic rings. The van der Waals surface area contributed by atoms with Crippen molar-refractivity contribution >= 4 is 5.57 Å². The standard InChI is InChI=1S/C9H15N3/c1-8(4-3-6-10)9-5-7-11-12(9)2/h4-5,7H,3,6,10H2,1-2H3. The van der Waals surface area contributed by atoms with Crippen molar-refractivity contribution in [1.82, 2.24) is 9.78 Å². The summed E-state index contributed by atoms with van der Waals surface area (Å²) in [5.74, 6) is 0. The Labute approximate surface area is 72.9 Å². The third-order valence-electron chi connectivity index (χ3n) is 1.84. The summed E-state index contributed by atoms with van der Waals surface area (Å²) in [5.41, 5.74) is 7.79. The molecule has 0 saturated carbocycles. The van der Waals surface area contributed by atoms with Crippen molar-refractivity contribution in [3.05, 3.63) is 24.0 Å². The molecule has 0 unspecified atom stereocenters. The fourth-order valence-corrected chi connectivity index (χ4v) is 1.17. The van der Waals surface area contributed by atoms with Crippen LogP contribution in [0.2, 0.25) is 0 Å². The van der Waals surface area contributed by atoms with E-state index in [9.17, 15) is 0 Å². The summed E-state index contributed by atoms with van der Waals surface area (Å²) in [6, 6.07) is 2.00. The zero-order valence-electron chi connectivity index (χ0n) is 7.62. The molecule has 2 N–H and O–H groups in total. The first kappa shape index (κ1) is 9.00. The summed E-state index contributed by atoms with van der Waals surface area (Å²) in [7, 11) is 1.94. The van der Waals surface area contributed by atoms with E-state index in [1.54, 1.807) is 6.20 Å². The molecular formula is C9H15N3. The van der Waals surface area contributed by atoms with Gasteiger partial charge in [-0.15, -0.1) is 0 Å². The van der Waals surface area contributed by atoms with E-state index in [1.807, 2.05) is 17.8 Å². The SMILES string of the molecule is CC(=CCCN)c1ccnn1C. The number of aromatic nitrogens is 2. The van der Waals surface area contributed by atoms with Gasteiger partial charge in [0.05, 0.1) is 5.69 Å². The lowest BCUT2D eigenvalue weighted by Crippen LogP contribution is -1.98. The van der Waals surface area contributed by atoms with Gasteiger partial charge in [0.15, 0.2) is 0 Å². The Morgan fingerprint density at radius 1 is 1.75 bits per heavy atom. The van der Waals surface area contributed by atoms with E-state index in [0.717, 1.165) is 12.1 Å². The van der Waals surface area contributed by atoms with Gasteiger partial charge in [-0.1, -0.05) is 6.08 Å². The van der Waals surface area contributed by atoms with Crippen LogP contribution in [0, 0.1) is 0 Å². The second-order valence-electron chi connectivity index (χ2n) is 2.80. The van der Waals surface area contributed by atoms with Crippen LogP contribution in [-0.4, -0.2) is 16.3 Å². The monoisotopic (exact) mass is 165 g/mol. The highest BCUT2D eigenvalue weighted by Crippen LogP contribution is 2.11. The van der Waals surface area contributed by atoms with Crippen molar-refractivity contribution in [1.29, 1.82) is 0 Å². The van der Waals surface area contributed by atoms with Crippen LogP contribution in [0.5, 0.6) is 0 Å². The predicted octanol–water partition coefficient (Wildman–Crippen LogP) is 1.17. The topological polar surface area (TPSA) is 43.8 Å². The molecule has 0 aromatic carbocycles. The minimum Gasteiger partial charge on any atom is -0.330 e. The highest BCUT2D eigenvalue weighted by molar-refractivity contribution is 5.60. The molecule has 0 aliphatic heterocycles. The minimum atomic E-state index is 0.704. The number of aryl methyl sites for hydroxylation is 1. The maximum atomic E-state index is 5.40. The Balaban J connectivity index is 2.77. The molecule has 3 heteroatoms. The van der Waals surface area contributed by atoms with E-state index in [2.05, 4.69) is 18.1 Å². The minimum absolute atomic E-state index is 0.704. The van der Waals surface area contributed by atoms with Gasteiger partial charge in [-0.2, -0.15) is 5.10 Å². The van der Waals surface area contributed by atoms with Gasteiger partial charge in [0, 0.05) is 13.2 Å². The average molecular weight is 165 g/mol. The lowest BCUT2D eigenvalue weighted by Gasteiger charge is -2.00. The van der Waals surface area contributed by atoms with Gasteiger partial charge in [0.2, 0.25) is 0 Å². The van der Waals surface area contributed by atoms with Crippen LogP contribution in [0.25, 0.3) is 5.57 Å². The Bertz CT molecular complexity index is 273. The van der Waals surface area contributed by atoms with Crippen molar-refractivity contribution in [2.24, 2.45) is 12.8 Å². The summed E-state index contributed by atoms with van der Waals surface area (Å²) in [5, 5.41) is 4.09. The predicted molar refractivity (Wildman–Crippen MR) is 50.5 cm³/mol. The first-order valence-electron chi connectivity index (χ1n) is 4.11. The summed E-state index contributed by atoms with van der Waals surface area (Å²) in [4.78, 5) is 0. The molecule has 66 valence electrons. The quantitative estimate of drug-likeness (QED) is 0.730. The zero-order valence-corrected chi connectivity index (χ0v) is 7.62. The van der Waals surface area contributed by atoms with Gasteiger partial charge in [0.25, 0.3) is 0 Å². The van der Waals surface area contributed by atoms with Gasteiger partial charge in [-0.25, -0.2) is 0 Å². The Kier molecular flexibility index (Phi) is 3.05. The molecule has 1 rings (SSSR count). The van der Waals surface area contributed by atoms with E-state index >= 15 is 0 Å². The summed E-state index contributed by atoms with van der Waals surface area (Å²) < 4.78 is 1.86. The van der Waals surface area contributed by atoms with Crippen LogP contribution in [0.4, 0.5) is 0 Å². The van der Waals surface area contributed by atoms with Crippen molar-refractivity contribution in [2.45, 2.75) is 13.3 Å². The van der Waals surface area contributed by atoms with E-state index < -0.39 is 0 Å². The molecular weight excluding hydrogens is 150 g/mol. The van der Waals surface area contributed by atoms with Crippen LogP contribution in [0.1, 0.15) is 19.0 Å². The Hall–Kier alpha value is -1.09. The van der Waals surface area contributed by atoms with Crippen LogP contribution in [0.15, 0.2) is 18.3 Å². The maximum Gasteiger partial charge on any atom is 0.0632 e. The van der Waals surface area contributed by atoms with Crippen LogP contribution in [0.3, 0.4) is 0 Å². The molecule has 0 aliphatic carbocycles. The largest absolute Gasteiger partial charge is 0.330 e. The first-order chi connectivity index (χ1) is 5.75. The van der Waals surface area contributed by atoms with E-state index in [1.165, 1.54) is 5.57 Å². The molecule has 0 aliphatic rings. The number of allylic oxidation sites excluding steroid dienone is 1. The summed E-state index contributed by atoms with van der Waals surface area (Å²) in [6.07, 6.45) is 4.86. The Morgan fingerprint density at radius 2 is 2.50 bits per heavy atom. The van der Waals surface area contributed by atoms with Gasteiger partial charge < -0.3 is 5.73 Å².